The lowest BCUT2D eigenvalue weighted by Crippen LogP contribution is -2.30. The van der Waals surface area contributed by atoms with E-state index in [4.69, 9.17) is 14.2 Å². The van der Waals surface area contributed by atoms with Crippen LogP contribution in [0.15, 0.2) is 146 Å². The van der Waals surface area contributed by atoms with E-state index in [1.165, 1.54) is 12.8 Å². The van der Waals surface area contributed by atoms with Crippen molar-refractivity contribution < 1.29 is 28.6 Å². The van der Waals surface area contributed by atoms with Gasteiger partial charge in [-0.25, -0.2) is 0 Å². The van der Waals surface area contributed by atoms with Gasteiger partial charge in [0.25, 0.3) is 0 Å². The van der Waals surface area contributed by atoms with E-state index in [0.29, 0.717) is 6.42 Å². The van der Waals surface area contributed by atoms with Crippen LogP contribution in [0.3, 0.4) is 0 Å². The van der Waals surface area contributed by atoms with Crippen molar-refractivity contribution in [2.75, 3.05) is 13.2 Å². The summed E-state index contributed by atoms with van der Waals surface area (Å²) in [6, 6.07) is 0. The van der Waals surface area contributed by atoms with Crippen molar-refractivity contribution in [1.29, 1.82) is 0 Å². The van der Waals surface area contributed by atoms with Crippen molar-refractivity contribution in [3.05, 3.63) is 146 Å². The number of carbonyl (C=O) groups is 3. The molecule has 0 amide bonds. The Hall–Kier alpha value is -4.71. The number of allylic oxidation sites excluding steroid dienone is 24. The Balaban J connectivity index is 4.61. The number of esters is 3. The van der Waals surface area contributed by atoms with Crippen molar-refractivity contribution in [3.8, 4) is 0 Å². The Labute approximate surface area is 385 Å². The Morgan fingerprint density at radius 3 is 1.19 bits per heavy atom. The van der Waals surface area contributed by atoms with E-state index in [-0.39, 0.29) is 50.4 Å². The molecule has 0 fully saturated rings. The van der Waals surface area contributed by atoms with Crippen LogP contribution in [-0.2, 0) is 28.6 Å². The highest BCUT2D eigenvalue weighted by atomic mass is 16.6. The maximum absolute atomic E-state index is 12.8. The first kappa shape index (κ1) is 58.3. The molecule has 0 N–H and O–H groups in total. The minimum Gasteiger partial charge on any atom is -0.462 e. The molecule has 0 spiro atoms. The summed E-state index contributed by atoms with van der Waals surface area (Å²) in [6.45, 7) is 6.12. The van der Waals surface area contributed by atoms with E-state index in [2.05, 4.69) is 118 Å². The molecule has 0 aromatic carbocycles. The van der Waals surface area contributed by atoms with Gasteiger partial charge in [-0.05, 0) is 103 Å². The maximum atomic E-state index is 12.8. The molecule has 0 bridgehead atoms. The number of hydrogen-bond donors (Lipinski definition) is 0. The van der Waals surface area contributed by atoms with Gasteiger partial charge >= 0.3 is 17.9 Å². The molecule has 63 heavy (non-hydrogen) atoms. The molecule has 0 aromatic rings. The SMILES string of the molecule is CC/C=C/C=C/C=C/C=C/CCCCCC(=O)OCC(COC(=O)CC/C=C/C/C=C/C/C=C/C/C=C/C/C=C/CC)OC(=O)CCCCCCCC/C=C/C/C=C/C/C=C/CC. The summed E-state index contributed by atoms with van der Waals surface area (Å²) >= 11 is 0. The lowest BCUT2D eigenvalue weighted by molar-refractivity contribution is -0.166. The molecule has 0 aliphatic carbocycles. The Kier molecular flexibility index (Phi) is 46.2. The fourth-order valence-corrected chi connectivity index (χ4v) is 5.87. The summed E-state index contributed by atoms with van der Waals surface area (Å²) < 4.78 is 16.6. The van der Waals surface area contributed by atoms with Gasteiger partial charge in [0.2, 0.25) is 0 Å². The van der Waals surface area contributed by atoms with E-state index in [1.807, 2.05) is 48.6 Å². The molecule has 350 valence electrons. The Bertz CT molecular complexity index is 1460. The van der Waals surface area contributed by atoms with Crippen LogP contribution >= 0.6 is 0 Å². The average molecular weight is 867 g/mol. The van der Waals surface area contributed by atoms with Crippen molar-refractivity contribution in [1.82, 2.24) is 0 Å². The smallest absolute Gasteiger partial charge is 0.306 e. The van der Waals surface area contributed by atoms with Gasteiger partial charge in [-0.1, -0.05) is 199 Å². The molecule has 1 atom stereocenters. The van der Waals surface area contributed by atoms with Crippen LogP contribution in [0, 0.1) is 0 Å². The van der Waals surface area contributed by atoms with Crippen LogP contribution < -0.4 is 0 Å². The summed E-state index contributed by atoms with van der Waals surface area (Å²) in [5, 5.41) is 0. The van der Waals surface area contributed by atoms with Gasteiger partial charge in [-0.2, -0.15) is 0 Å². The predicted octanol–water partition coefficient (Wildman–Crippen LogP) is 16.1. The number of carbonyl (C=O) groups excluding carboxylic acids is 3. The normalized spacial score (nSPS) is 13.4. The largest absolute Gasteiger partial charge is 0.462 e. The van der Waals surface area contributed by atoms with Crippen LogP contribution in [0.1, 0.15) is 175 Å². The van der Waals surface area contributed by atoms with Crippen molar-refractivity contribution in [2.24, 2.45) is 0 Å². The molecule has 0 rings (SSSR count). The summed E-state index contributed by atoms with van der Waals surface area (Å²) in [6.07, 6.45) is 71.3. The minimum atomic E-state index is -0.837. The monoisotopic (exact) mass is 867 g/mol. The van der Waals surface area contributed by atoms with Crippen LogP contribution in [-0.4, -0.2) is 37.2 Å². The Morgan fingerprint density at radius 2 is 0.683 bits per heavy atom. The summed E-state index contributed by atoms with van der Waals surface area (Å²) in [5.41, 5.74) is 0. The summed E-state index contributed by atoms with van der Waals surface area (Å²) in [5.74, 6) is -1.08. The standard InChI is InChI=1S/C57H86O6/c1-4-7-10-13-16-19-22-25-27-29-32-35-38-41-44-47-50-56(59)62-53-54(52-61-55(58)49-46-43-40-37-34-31-24-21-18-15-12-9-6-3)63-57(60)51-48-45-42-39-36-33-30-28-26-23-20-17-14-11-8-5-2/h7-12,15-21,24-28,31-32,34-35,41,44,54H,4-6,13-14,22-23,29-30,33,36-40,42-43,45-53H2,1-3H3/b10-7+,11-8+,12-9+,18-15+,19-16+,20-17+,24-21+,27-25+,28-26+,34-31+,35-32+,44-41+. The zero-order valence-corrected chi connectivity index (χ0v) is 39.8. The lowest BCUT2D eigenvalue weighted by Gasteiger charge is -2.18. The highest BCUT2D eigenvalue weighted by molar-refractivity contribution is 5.71. The molecule has 6 nitrogen and oxygen atoms in total. The van der Waals surface area contributed by atoms with Gasteiger partial charge in [0.1, 0.15) is 13.2 Å². The third kappa shape index (κ3) is 48.2. The van der Waals surface area contributed by atoms with Crippen molar-refractivity contribution >= 4 is 17.9 Å². The first-order valence-electron chi connectivity index (χ1n) is 24.4. The minimum absolute atomic E-state index is 0.134. The fourth-order valence-electron chi connectivity index (χ4n) is 5.87. The molecular formula is C57H86O6. The third-order valence-electron chi connectivity index (χ3n) is 9.43. The fraction of sp³-hybridized carbons (Fsp3) is 0.526. The number of rotatable bonds is 41. The highest BCUT2D eigenvalue weighted by Crippen LogP contribution is 2.12. The molecule has 0 saturated carbocycles. The van der Waals surface area contributed by atoms with E-state index < -0.39 is 6.10 Å². The van der Waals surface area contributed by atoms with Crippen LogP contribution in [0.2, 0.25) is 0 Å². The quantitative estimate of drug-likeness (QED) is 0.0200. The van der Waals surface area contributed by atoms with E-state index in [1.54, 1.807) is 0 Å². The van der Waals surface area contributed by atoms with Crippen LogP contribution in [0.25, 0.3) is 0 Å². The van der Waals surface area contributed by atoms with Crippen molar-refractivity contribution in [3.63, 3.8) is 0 Å². The predicted molar refractivity (Wildman–Crippen MR) is 269 cm³/mol. The molecule has 0 aliphatic rings. The zero-order valence-electron chi connectivity index (χ0n) is 39.8. The van der Waals surface area contributed by atoms with Crippen LogP contribution in [0.5, 0.6) is 0 Å². The molecule has 0 radical (unpaired) electrons. The first-order valence-corrected chi connectivity index (χ1v) is 24.4. The number of ether oxygens (including phenoxy) is 3. The average Bonchev–Trinajstić information content (AvgIpc) is 3.28. The first-order chi connectivity index (χ1) is 31.0. The zero-order chi connectivity index (χ0) is 45.8. The summed E-state index contributed by atoms with van der Waals surface area (Å²) in [7, 11) is 0. The van der Waals surface area contributed by atoms with Gasteiger partial charge < -0.3 is 14.2 Å². The van der Waals surface area contributed by atoms with Gasteiger partial charge in [0, 0.05) is 19.3 Å². The van der Waals surface area contributed by atoms with Gasteiger partial charge in [0.05, 0.1) is 0 Å². The highest BCUT2D eigenvalue weighted by Gasteiger charge is 2.19. The molecule has 0 aliphatic heterocycles. The molecule has 0 aromatic heterocycles. The Morgan fingerprint density at radius 1 is 0.333 bits per heavy atom. The second kappa shape index (κ2) is 49.9. The second-order valence-electron chi connectivity index (χ2n) is 15.3. The molecule has 1 unspecified atom stereocenters. The van der Waals surface area contributed by atoms with E-state index in [0.717, 1.165) is 116 Å². The lowest BCUT2D eigenvalue weighted by atomic mass is 10.1. The van der Waals surface area contributed by atoms with Gasteiger partial charge in [0.15, 0.2) is 6.10 Å². The molecule has 0 heterocycles. The molecule has 6 heteroatoms. The number of unbranched alkanes of at least 4 members (excludes halogenated alkanes) is 9. The third-order valence-corrected chi connectivity index (χ3v) is 9.43. The van der Waals surface area contributed by atoms with Crippen molar-refractivity contribution in [2.45, 2.75) is 181 Å². The van der Waals surface area contributed by atoms with Crippen LogP contribution in [0.4, 0.5) is 0 Å². The maximum Gasteiger partial charge on any atom is 0.306 e. The van der Waals surface area contributed by atoms with E-state index >= 15 is 0 Å². The molecular weight excluding hydrogens is 781 g/mol. The van der Waals surface area contributed by atoms with E-state index in [9.17, 15) is 14.4 Å². The molecule has 0 saturated heterocycles. The number of hydrogen-bond acceptors (Lipinski definition) is 6. The second-order valence-corrected chi connectivity index (χ2v) is 15.3. The summed E-state index contributed by atoms with van der Waals surface area (Å²) in [4.78, 5) is 37.9. The van der Waals surface area contributed by atoms with Gasteiger partial charge in [-0.3, -0.25) is 14.4 Å². The topological polar surface area (TPSA) is 78.9 Å². The van der Waals surface area contributed by atoms with Gasteiger partial charge in [-0.15, -0.1) is 0 Å².